The summed E-state index contributed by atoms with van der Waals surface area (Å²) in [6.07, 6.45) is 4.13. The third-order valence-corrected chi connectivity index (χ3v) is 4.84. The Balaban J connectivity index is 2.01. The number of hydrogen-bond donors (Lipinski definition) is 0. The van der Waals surface area contributed by atoms with Gasteiger partial charge in [0, 0.05) is 7.05 Å². The van der Waals surface area contributed by atoms with Crippen molar-refractivity contribution in [3.63, 3.8) is 0 Å². The summed E-state index contributed by atoms with van der Waals surface area (Å²) in [6.45, 7) is 13.3. The first-order chi connectivity index (χ1) is 9.91. The van der Waals surface area contributed by atoms with Gasteiger partial charge in [0.15, 0.2) is 0 Å². The summed E-state index contributed by atoms with van der Waals surface area (Å²) in [6, 6.07) is 0.121. The number of nitrogens with zero attached hydrogens (tertiary/aromatic N) is 1. The van der Waals surface area contributed by atoms with Crippen LogP contribution in [-0.2, 0) is 9.47 Å². The van der Waals surface area contributed by atoms with Gasteiger partial charge in [-0.15, -0.1) is 0 Å². The van der Waals surface area contributed by atoms with Crippen LogP contribution in [0.3, 0.4) is 0 Å². The van der Waals surface area contributed by atoms with Crippen molar-refractivity contribution in [2.75, 3.05) is 13.7 Å². The topological polar surface area (TPSA) is 38.8 Å². The van der Waals surface area contributed by atoms with E-state index in [0.717, 1.165) is 19.3 Å². The SMILES string of the molecule is CC1CC(C)(C)CC2(C1)CC(N(C)C(=O)OC(C)(C)C)CO2. The number of ether oxygens (including phenoxy) is 2. The van der Waals surface area contributed by atoms with Gasteiger partial charge >= 0.3 is 6.09 Å². The molecule has 128 valence electrons. The Labute approximate surface area is 135 Å². The molecule has 4 heteroatoms. The lowest BCUT2D eigenvalue weighted by molar-refractivity contribution is -0.0753. The van der Waals surface area contributed by atoms with Crippen molar-refractivity contribution in [3.8, 4) is 0 Å². The van der Waals surface area contributed by atoms with Crippen LogP contribution in [0.1, 0.15) is 67.2 Å². The molecule has 0 aromatic rings. The van der Waals surface area contributed by atoms with E-state index in [-0.39, 0.29) is 17.7 Å². The van der Waals surface area contributed by atoms with Crippen LogP contribution < -0.4 is 0 Å². The molecule has 0 aromatic carbocycles. The van der Waals surface area contributed by atoms with Crippen molar-refractivity contribution in [3.05, 3.63) is 0 Å². The Morgan fingerprint density at radius 3 is 2.41 bits per heavy atom. The molecule has 3 atom stereocenters. The Kier molecular flexibility index (Phi) is 4.55. The van der Waals surface area contributed by atoms with Crippen LogP contribution in [-0.4, -0.2) is 41.9 Å². The summed E-state index contributed by atoms with van der Waals surface area (Å²) in [7, 11) is 1.83. The Morgan fingerprint density at radius 2 is 1.86 bits per heavy atom. The van der Waals surface area contributed by atoms with Gasteiger partial charge in [0.05, 0.1) is 18.2 Å². The molecule has 4 nitrogen and oxygen atoms in total. The van der Waals surface area contributed by atoms with Gasteiger partial charge in [-0.25, -0.2) is 4.79 Å². The highest BCUT2D eigenvalue weighted by Crippen LogP contribution is 2.50. The molecule has 22 heavy (non-hydrogen) atoms. The van der Waals surface area contributed by atoms with E-state index in [1.165, 1.54) is 6.42 Å². The van der Waals surface area contributed by atoms with Crippen LogP contribution >= 0.6 is 0 Å². The fourth-order valence-electron chi connectivity index (χ4n) is 4.48. The van der Waals surface area contributed by atoms with E-state index in [1.807, 2.05) is 27.8 Å². The first-order valence-corrected chi connectivity index (χ1v) is 8.51. The summed E-state index contributed by atoms with van der Waals surface area (Å²) >= 11 is 0. The van der Waals surface area contributed by atoms with Crippen molar-refractivity contribution >= 4 is 6.09 Å². The van der Waals surface area contributed by atoms with Crippen molar-refractivity contribution in [2.24, 2.45) is 11.3 Å². The quantitative estimate of drug-likeness (QED) is 0.727. The molecular formula is C18H33NO3. The smallest absolute Gasteiger partial charge is 0.410 e. The molecule has 2 rings (SSSR count). The average Bonchev–Trinajstić information content (AvgIpc) is 2.65. The minimum atomic E-state index is -0.455. The minimum Gasteiger partial charge on any atom is -0.444 e. The Morgan fingerprint density at radius 1 is 1.23 bits per heavy atom. The van der Waals surface area contributed by atoms with Crippen molar-refractivity contribution < 1.29 is 14.3 Å². The molecule has 0 bridgehead atoms. The molecule has 1 amide bonds. The van der Waals surface area contributed by atoms with Crippen LogP contribution in [0, 0.1) is 11.3 Å². The summed E-state index contributed by atoms with van der Waals surface area (Å²) in [5, 5.41) is 0. The molecule has 3 unspecified atom stereocenters. The zero-order chi connectivity index (χ0) is 16.8. The second kappa shape index (κ2) is 5.70. The Hall–Kier alpha value is -0.770. The fraction of sp³-hybridized carbons (Fsp3) is 0.944. The first kappa shape index (κ1) is 17.6. The van der Waals surface area contributed by atoms with Gasteiger partial charge in [0.25, 0.3) is 0 Å². The summed E-state index contributed by atoms with van der Waals surface area (Å²) in [5.41, 5.74) is -0.191. The van der Waals surface area contributed by atoms with Crippen molar-refractivity contribution in [1.82, 2.24) is 4.90 Å². The largest absolute Gasteiger partial charge is 0.444 e. The predicted molar refractivity (Wildman–Crippen MR) is 87.9 cm³/mol. The normalized spacial score (nSPS) is 34.7. The minimum absolute atomic E-state index is 0.0535. The standard InChI is InChI=1S/C18H33NO3/c1-13-8-17(5,6)12-18(9-13)10-14(11-21-18)19(7)15(20)22-16(2,3)4/h13-14H,8-12H2,1-7H3. The monoisotopic (exact) mass is 311 g/mol. The number of carbonyl (C=O) groups is 1. The molecule has 1 saturated carbocycles. The third kappa shape index (κ3) is 4.15. The zero-order valence-corrected chi connectivity index (χ0v) is 15.4. The van der Waals surface area contributed by atoms with Crippen LogP contribution in [0.2, 0.25) is 0 Å². The average molecular weight is 311 g/mol. The van der Waals surface area contributed by atoms with Gasteiger partial charge in [0.1, 0.15) is 5.60 Å². The molecular weight excluding hydrogens is 278 g/mol. The van der Waals surface area contributed by atoms with Crippen molar-refractivity contribution in [1.29, 1.82) is 0 Å². The summed E-state index contributed by atoms with van der Waals surface area (Å²) < 4.78 is 11.7. The van der Waals surface area contributed by atoms with E-state index in [1.54, 1.807) is 4.90 Å². The maximum Gasteiger partial charge on any atom is 0.410 e. The van der Waals surface area contributed by atoms with Crippen LogP contribution in [0.4, 0.5) is 4.79 Å². The number of likely N-dealkylation sites (N-methyl/N-ethyl adjacent to an activating group) is 1. The molecule has 1 saturated heterocycles. The highest BCUT2D eigenvalue weighted by molar-refractivity contribution is 5.68. The van der Waals surface area contributed by atoms with E-state index in [9.17, 15) is 4.79 Å². The lowest BCUT2D eigenvalue weighted by atomic mass is 9.65. The lowest BCUT2D eigenvalue weighted by Gasteiger charge is -2.45. The second-order valence-corrected chi connectivity index (χ2v) is 9.30. The van der Waals surface area contributed by atoms with Gasteiger partial charge in [0.2, 0.25) is 0 Å². The van der Waals surface area contributed by atoms with E-state index in [2.05, 4.69) is 20.8 Å². The fourth-order valence-corrected chi connectivity index (χ4v) is 4.48. The maximum atomic E-state index is 12.3. The first-order valence-electron chi connectivity index (χ1n) is 8.51. The number of rotatable bonds is 1. The highest BCUT2D eigenvalue weighted by Gasteiger charge is 2.49. The van der Waals surface area contributed by atoms with Crippen LogP contribution in [0.15, 0.2) is 0 Å². The van der Waals surface area contributed by atoms with Crippen molar-refractivity contribution in [2.45, 2.75) is 84.5 Å². The number of carbonyl (C=O) groups excluding carboxylic acids is 1. The molecule has 1 aliphatic heterocycles. The van der Waals surface area contributed by atoms with E-state index in [4.69, 9.17) is 9.47 Å². The Bertz CT molecular complexity index is 427. The molecule has 0 radical (unpaired) electrons. The van der Waals surface area contributed by atoms with E-state index in [0.29, 0.717) is 17.9 Å². The van der Waals surface area contributed by atoms with E-state index >= 15 is 0 Å². The number of amides is 1. The summed E-state index contributed by atoms with van der Waals surface area (Å²) in [5.74, 6) is 0.675. The predicted octanol–water partition coefficient (Wildman–Crippen LogP) is 4.23. The number of hydrogen-bond acceptors (Lipinski definition) is 3. The van der Waals surface area contributed by atoms with Crippen LogP contribution in [0.25, 0.3) is 0 Å². The molecule has 1 heterocycles. The molecule has 1 spiro atoms. The molecule has 0 N–H and O–H groups in total. The third-order valence-electron chi connectivity index (χ3n) is 4.84. The maximum absolute atomic E-state index is 12.3. The lowest BCUT2D eigenvalue weighted by Crippen LogP contribution is -2.44. The molecule has 2 aliphatic rings. The zero-order valence-electron chi connectivity index (χ0n) is 15.4. The van der Waals surface area contributed by atoms with Gasteiger partial charge in [-0.1, -0.05) is 20.8 Å². The van der Waals surface area contributed by atoms with E-state index < -0.39 is 5.60 Å². The van der Waals surface area contributed by atoms with Gasteiger partial charge in [-0.2, -0.15) is 0 Å². The molecule has 2 fully saturated rings. The highest BCUT2D eigenvalue weighted by atomic mass is 16.6. The summed E-state index contributed by atoms with van der Waals surface area (Å²) in [4.78, 5) is 14.0. The van der Waals surface area contributed by atoms with Gasteiger partial charge < -0.3 is 14.4 Å². The van der Waals surface area contributed by atoms with Gasteiger partial charge in [-0.3, -0.25) is 0 Å². The molecule has 0 aromatic heterocycles. The van der Waals surface area contributed by atoms with Gasteiger partial charge in [-0.05, 0) is 57.8 Å². The second-order valence-electron chi connectivity index (χ2n) is 9.30. The van der Waals surface area contributed by atoms with Crippen LogP contribution in [0.5, 0.6) is 0 Å². The molecule has 1 aliphatic carbocycles.